The lowest BCUT2D eigenvalue weighted by Gasteiger charge is -1.95. The van der Waals surface area contributed by atoms with Gasteiger partial charge in [-0.05, 0) is 23.9 Å². The van der Waals surface area contributed by atoms with Crippen molar-refractivity contribution in [2.75, 3.05) is 12.8 Å². The van der Waals surface area contributed by atoms with Crippen molar-refractivity contribution in [2.45, 2.75) is 6.92 Å². The van der Waals surface area contributed by atoms with Crippen molar-refractivity contribution in [3.63, 3.8) is 0 Å². The Balaban J connectivity index is 2.75. The van der Waals surface area contributed by atoms with Crippen LogP contribution in [0.15, 0.2) is 18.2 Å². The summed E-state index contributed by atoms with van der Waals surface area (Å²) in [6.45, 7) is 1.91. The molecule has 78 valence electrons. The summed E-state index contributed by atoms with van der Waals surface area (Å²) >= 11 is 1.38. The molecule has 2 rings (SSSR count). The van der Waals surface area contributed by atoms with E-state index in [0.717, 1.165) is 15.6 Å². The molecule has 0 aliphatic heterocycles. The van der Waals surface area contributed by atoms with Gasteiger partial charge in [0, 0.05) is 5.69 Å². The van der Waals surface area contributed by atoms with E-state index < -0.39 is 0 Å². The third-order valence-corrected chi connectivity index (χ3v) is 3.70. The average Bonchev–Trinajstić information content (AvgIpc) is 2.57. The zero-order valence-corrected chi connectivity index (χ0v) is 9.35. The van der Waals surface area contributed by atoms with Gasteiger partial charge < -0.3 is 10.5 Å². The Morgan fingerprint density at radius 2 is 2.20 bits per heavy atom. The number of hydrogen-bond acceptors (Lipinski definition) is 4. The first kappa shape index (κ1) is 9.98. The molecule has 1 aromatic carbocycles. The molecule has 0 aliphatic rings. The molecular formula is C11H11NO2S. The zero-order chi connectivity index (χ0) is 11.0. The maximum Gasteiger partial charge on any atom is 0.348 e. The van der Waals surface area contributed by atoms with E-state index in [4.69, 9.17) is 10.5 Å². The van der Waals surface area contributed by atoms with Crippen LogP contribution in [0.4, 0.5) is 5.69 Å². The number of thiophene rings is 1. The molecule has 4 heteroatoms. The van der Waals surface area contributed by atoms with Crippen LogP contribution in [0.25, 0.3) is 10.1 Å². The van der Waals surface area contributed by atoms with Gasteiger partial charge in [-0.2, -0.15) is 0 Å². The molecular weight excluding hydrogens is 210 g/mol. The van der Waals surface area contributed by atoms with Gasteiger partial charge in [-0.3, -0.25) is 0 Å². The third kappa shape index (κ3) is 1.47. The molecule has 0 atom stereocenters. The van der Waals surface area contributed by atoms with Gasteiger partial charge in [0.15, 0.2) is 0 Å². The van der Waals surface area contributed by atoms with E-state index in [0.29, 0.717) is 10.6 Å². The molecule has 0 aliphatic carbocycles. The number of carbonyl (C=O) groups is 1. The smallest absolute Gasteiger partial charge is 0.348 e. The molecule has 0 radical (unpaired) electrons. The minimum Gasteiger partial charge on any atom is -0.465 e. The summed E-state index contributed by atoms with van der Waals surface area (Å²) < 4.78 is 5.67. The van der Waals surface area contributed by atoms with Gasteiger partial charge in [0.2, 0.25) is 0 Å². The molecule has 1 heterocycles. The van der Waals surface area contributed by atoms with E-state index in [1.165, 1.54) is 18.4 Å². The summed E-state index contributed by atoms with van der Waals surface area (Å²) in [6, 6.07) is 5.68. The number of carbonyl (C=O) groups excluding carboxylic acids is 1. The number of ether oxygens (including phenoxy) is 1. The Kier molecular flexibility index (Phi) is 2.36. The number of benzene rings is 1. The van der Waals surface area contributed by atoms with E-state index in [1.54, 1.807) is 0 Å². The topological polar surface area (TPSA) is 52.3 Å². The van der Waals surface area contributed by atoms with Crippen molar-refractivity contribution >= 4 is 33.1 Å². The standard InChI is InChI=1S/C11H11NO2S/c1-6-7-4-3-5-8(12)10(7)15-9(6)11(13)14-2/h3-5H,12H2,1-2H3. The van der Waals surface area contributed by atoms with Crippen LogP contribution in [0.3, 0.4) is 0 Å². The number of nitrogens with two attached hydrogens (primary N) is 1. The fourth-order valence-electron chi connectivity index (χ4n) is 1.55. The van der Waals surface area contributed by atoms with Crippen molar-refractivity contribution in [2.24, 2.45) is 0 Å². The number of methoxy groups -OCH3 is 1. The van der Waals surface area contributed by atoms with Gasteiger partial charge in [0.25, 0.3) is 0 Å². The highest BCUT2D eigenvalue weighted by molar-refractivity contribution is 7.21. The van der Waals surface area contributed by atoms with Crippen molar-refractivity contribution < 1.29 is 9.53 Å². The minimum atomic E-state index is -0.298. The van der Waals surface area contributed by atoms with Crippen LogP contribution >= 0.6 is 11.3 Å². The van der Waals surface area contributed by atoms with Crippen LogP contribution in [0.2, 0.25) is 0 Å². The first-order valence-electron chi connectivity index (χ1n) is 4.51. The number of anilines is 1. The molecule has 0 unspecified atom stereocenters. The number of rotatable bonds is 1. The molecule has 0 fully saturated rings. The van der Waals surface area contributed by atoms with E-state index >= 15 is 0 Å². The summed E-state index contributed by atoms with van der Waals surface area (Å²) in [4.78, 5) is 12.1. The Labute approximate surface area is 91.5 Å². The third-order valence-electron chi connectivity index (χ3n) is 2.37. The predicted octanol–water partition coefficient (Wildman–Crippen LogP) is 2.58. The van der Waals surface area contributed by atoms with Crippen LogP contribution in [0.1, 0.15) is 15.2 Å². The monoisotopic (exact) mass is 221 g/mol. The van der Waals surface area contributed by atoms with Crippen LogP contribution in [-0.4, -0.2) is 13.1 Å². The maximum atomic E-state index is 11.5. The SMILES string of the molecule is COC(=O)c1sc2c(N)cccc2c1C. The maximum absolute atomic E-state index is 11.5. The van der Waals surface area contributed by atoms with Gasteiger partial charge in [-0.25, -0.2) is 4.79 Å². The molecule has 0 amide bonds. The number of aryl methyl sites for hydroxylation is 1. The Morgan fingerprint density at radius 3 is 2.80 bits per heavy atom. The highest BCUT2D eigenvalue weighted by Gasteiger charge is 2.16. The lowest BCUT2D eigenvalue weighted by Crippen LogP contribution is -1.99. The van der Waals surface area contributed by atoms with Gasteiger partial charge in [-0.15, -0.1) is 11.3 Å². The lowest BCUT2D eigenvalue weighted by atomic mass is 10.1. The van der Waals surface area contributed by atoms with Gasteiger partial charge >= 0.3 is 5.97 Å². The Hall–Kier alpha value is -1.55. The van der Waals surface area contributed by atoms with E-state index in [2.05, 4.69) is 0 Å². The first-order valence-corrected chi connectivity index (χ1v) is 5.32. The fraction of sp³-hybridized carbons (Fsp3) is 0.182. The zero-order valence-electron chi connectivity index (χ0n) is 8.53. The van der Waals surface area contributed by atoms with Gasteiger partial charge in [0.05, 0.1) is 11.8 Å². The second-order valence-corrected chi connectivity index (χ2v) is 4.29. The summed E-state index contributed by atoms with van der Waals surface area (Å²) in [5.74, 6) is -0.298. The van der Waals surface area contributed by atoms with E-state index in [-0.39, 0.29) is 5.97 Å². The second kappa shape index (κ2) is 3.55. The van der Waals surface area contributed by atoms with Crippen LogP contribution in [0, 0.1) is 6.92 Å². The first-order chi connectivity index (χ1) is 7.15. The van der Waals surface area contributed by atoms with Crippen LogP contribution in [0.5, 0.6) is 0 Å². The fourth-order valence-corrected chi connectivity index (χ4v) is 2.70. The molecule has 0 saturated heterocycles. The summed E-state index contributed by atoms with van der Waals surface area (Å²) in [5.41, 5.74) is 7.48. The normalized spacial score (nSPS) is 10.5. The summed E-state index contributed by atoms with van der Waals surface area (Å²) in [5, 5.41) is 1.03. The molecule has 2 N–H and O–H groups in total. The molecule has 0 spiro atoms. The predicted molar refractivity (Wildman–Crippen MR) is 62.3 cm³/mol. The second-order valence-electron chi connectivity index (χ2n) is 3.27. The summed E-state index contributed by atoms with van der Waals surface area (Å²) in [6.07, 6.45) is 0. The van der Waals surface area contributed by atoms with Crippen LogP contribution < -0.4 is 5.73 Å². The molecule has 1 aromatic heterocycles. The van der Waals surface area contributed by atoms with Crippen molar-refractivity contribution in [1.82, 2.24) is 0 Å². The van der Waals surface area contributed by atoms with Crippen LogP contribution in [-0.2, 0) is 4.74 Å². The summed E-state index contributed by atoms with van der Waals surface area (Å²) in [7, 11) is 1.38. The number of hydrogen-bond donors (Lipinski definition) is 1. The van der Waals surface area contributed by atoms with E-state index in [1.807, 2.05) is 25.1 Å². The average molecular weight is 221 g/mol. The minimum absolute atomic E-state index is 0.298. The molecule has 0 bridgehead atoms. The molecule has 0 saturated carbocycles. The molecule has 3 nitrogen and oxygen atoms in total. The molecule has 2 aromatic rings. The number of fused-ring (bicyclic) bond motifs is 1. The number of nitrogen functional groups attached to an aromatic ring is 1. The van der Waals surface area contributed by atoms with Gasteiger partial charge in [-0.1, -0.05) is 12.1 Å². The van der Waals surface area contributed by atoms with Crippen molar-refractivity contribution in [1.29, 1.82) is 0 Å². The highest BCUT2D eigenvalue weighted by Crippen LogP contribution is 2.34. The largest absolute Gasteiger partial charge is 0.465 e. The molecule has 15 heavy (non-hydrogen) atoms. The highest BCUT2D eigenvalue weighted by atomic mass is 32.1. The quantitative estimate of drug-likeness (QED) is 0.594. The van der Waals surface area contributed by atoms with E-state index in [9.17, 15) is 4.79 Å². The van der Waals surface area contributed by atoms with Gasteiger partial charge in [0.1, 0.15) is 4.88 Å². The Morgan fingerprint density at radius 1 is 1.47 bits per heavy atom. The van der Waals surface area contributed by atoms with Crippen molar-refractivity contribution in [3.8, 4) is 0 Å². The van der Waals surface area contributed by atoms with Crippen molar-refractivity contribution in [3.05, 3.63) is 28.6 Å². The number of esters is 1. The Bertz CT molecular complexity index is 531. The lowest BCUT2D eigenvalue weighted by molar-refractivity contribution is 0.0605.